The standard InChI is InChI=1S/C28H21N7OS/c29-19-7-4-9-21(17-19)32-28-30-13-12-22(33-28)25-23-10-1-2-14-35(23)34-26(25)18-6-3-8-20(16-18)31-27(36)24-11-5-15-37-24/h1-17H,29H2,(H,31,36)(H,30,32,33). The second-order valence-corrected chi connectivity index (χ2v) is 9.23. The van der Waals surface area contributed by atoms with Gasteiger partial charge in [-0.15, -0.1) is 11.3 Å². The average Bonchev–Trinajstić information content (AvgIpc) is 3.58. The molecule has 0 unspecified atom stereocenters. The molecule has 37 heavy (non-hydrogen) atoms. The van der Waals surface area contributed by atoms with Gasteiger partial charge in [0.1, 0.15) is 5.69 Å². The average molecular weight is 504 g/mol. The first-order chi connectivity index (χ1) is 18.1. The van der Waals surface area contributed by atoms with Gasteiger partial charge in [0, 0.05) is 35.0 Å². The lowest BCUT2D eigenvalue weighted by Gasteiger charge is -2.09. The Hall–Kier alpha value is -5.02. The zero-order chi connectivity index (χ0) is 25.2. The van der Waals surface area contributed by atoms with Crippen LogP contribution in [0.3, 0.4) is 0 Å². The molecule has 4 N–H and O–H groups in total. The molecule has 180 valence electrons. The van der Waals surface area contributed by atoms with Crippen LogP contribution in [0.5, 0.6) is 0 Å². The van der Waals surface area contributed by atoms with E-state index in [4.69, 9.17) is 15.8 Å². The number of nitrogens with zero attached hydrogens (tertiary/aromatic N) is 4. The molecule has 4 heterocycles. The van der Waals surface area contributed by atoms with E-state index < -0.39 is 0 Å². The number of hydrogen-bond acceptors (Lipinski definition) is 7. The maximum atomic E-state index is 12.6. The molecule has 6 rings (SSSR count). The Balaban J connectivity index is 1.41. The third-order valence-corrected chi connectivity index (χ3v) is 6.60. The molecule has 0 saturated heterocycles. The van der Waals surface area contributed by atoms with Crippen molar-refractivity contribution in [2.24, 2.45) is 0 Å². The number of nitrogens with two attached hydrogens (primary N) is 1. The maximum absolute atomic E-state index is 12.6. The number of fused-ring (bicyclic) bond motifs is 1. The zero-order valence-corrected chi connectivity index (χ0v) is 20.3. The molecule has 0 radical (unpaired) electrons. The van der Waals surface area contributed by atoms with Crippen LogP contribution < -0.4 is 16.4 Å². The summed E-state index contributed by atoms with van der Waals surface area (Å²) in [6.45, 7) is 0. The van der Waals surface area contributed by atoms with E-state index in [2.05, 4.69) is 15.6 Å². The van der Waals surface area contributed by atoms with Crippen molar-refractivity contribution in [1.29, 1.82) is 0 Å². The van der Waals surface area contributed by atoms with E-state index in [9.17, 15) is 4.79 Å². The summed E-state index contributed by atoms with van der Waals surface area (Å²) in [7, 11) is 0. The fourth-order valence-corrected chi connectivity index (χ4v) is 4.72. The molecule has 4 aromatic heterocycles. The van der Waals surface area contributed by atoms with Gasteiger partial charge >= 0.3 is 0 Å². The molecule has 0 fully saturated rings. The number of rotatable bonds is 6. The second-order valence-electron chi connectivity index (χ2n) is 8.28. The van der Waals surface area contributed by atoms with Crippen LogP contribution in [-0.4, -0.2) is 25.5 Å². The highest BCUT2D eigenvalue weighted by molar-refractivity contribution is 7.12. The number of carbonyl (C=O) groups is 1. The van der Waals surface area contributed by atoms with Gasteiger partial charge in [0.2, 0.25) is 5.95 Å². The summed E-state index contributed by atoms with van der Waals surface area (Å²) in [6, 6.07) is 26.5. The van der Waals surface area contributed by atoms with E-state index in [-0.39, 0.29) is 5.91 Å². The number of thiophene rings is 1. The Labute approximate surface area is 216 Å². The van der Waals surface area contributed by atoms with Crippen LogP contribution in [0.4, 0.5) is 23.0 Å². The highest BCUT2D eigenvalue weighted by Crippen LogP contribution is 2.35. The molecule has 6 aromatic rings. The number of aromatic nitrogens is 4. The third kappa shape index (κ3) is 4.63. The van der Waals surface area contributed by atoms with Crippen LogP contribution in [0, 0.1) is 0 Å². The van der Waals surface area contributed by atoms with Crippen molar-refractivity contribution < 1.29 is 4.79 Å². The Morgan fingerprint density at radius 1 is 0.919 bits per heavy atom. The van der Waals surface area contributed by atoms with Gasteiger partial charge < -0.3 is 16.4 Å². The summed E-state index contributed by atoms with van der Waals surface area (Å²) >= 11 is 1.40. The molecule has 8 nitrogen and oxygen atoms in total. The first-order valence-corrected chi connectivity index (χ1v) is 12.4. The minimum absolute atomic E-state index is 0.143. The lowest BCUT2D eigenvalue weighted by Crippen LogP contribution is -2.09. The molecule has 0 aliphatic carbocycles. The third-order valence-electron chi connectivity index (χ3n) is 5.73. The summed E-state index contributed by atoms with van der Waals surface area (Å²) < 4.78 is 1.83. The molecule has 9 heteroatoms. The van der Waals surface area contributed by atoms with E-state index in [1.54, 1.807) is 12.3 Å². The molecule has 2 aromatic carbocycles. The van der Waals surface area contributed by atoms with E-state index in [0.717, 1.165) is 28.0 Å². The number of carbonyl (C=O) groups excluding carboxylic acids is 1. The van der Waals surface area contributed by atoms with Crippen molar-refractivity contribution in [2.45, 2.75) is 0 Å². The summed E-state index contributed by atoms with van der Waals surface area (Å²) in [6.07, 6.45) is 3.61. The van der Waals surface area contributed by atoms with Crippen molar-refractivity contribution in [2.75, 3.05) is 16.4 Å². The fraction of sp³-hybridized carbons (Fsp3) is 0. The molecule has 0 atom stereocenters. The second kappa shape index (κ2) is 9.56. The monoisotopic (exact) mass is 503 g/mol. The van der Waals surface area contributed by atoms with Gasteiger partial charge in [-0.25, -0.2) is 14.5 Å². The van der Waals surface area contributed by atoms with Crippen LogP contribution in [0.2, 0.25) is 0 Å². The Bertz CT molecular complexity index is 1730. The lowest BCUT2D eigenvalue weighted by atomic mass is 10.0. The molecule has 1 amide bonds. The van der Waals surface area contributed by atoms with Gasteiger partial charge in [0.05, 0.1) is 21.7 Å². The fourth-order valence-electron chi connectivity index (χ4n) is 4.10. The highest BCUT2D eigenvalue weighted by atomic mass is 32.1. The molecular weight excluding hydrogens is 482 g/mol. The number of amides is 1. The molecule has 0 spiro atoms. The van der Waals surface area contributed by atoms with Gasteiger partial charge in [0.25, 0.3) is 5.91 Å². The van der Waals surface area contributed by atoms with E-state index in [1.807, 2.05) is 95.0 Å². The summed E-state index contributed by atoms with van der Waals surface area (Å²) in [5, 5.41) is 12.9. The minimum atomic E-state index is -0.143. The van der Waals surface area contributed by atoms with Crippen molar-refractivity contribution in [1.82, 2.24) is 19.6 Å². The van der Waals surface area contributed by atoms with E-state index in [0.29, 0.717) is 27.9 Å². The summed E-state index contributed by atoms with van der Waals surface area (Å²) in [5.74, 6) is 0.303. The van der Waals surface area contributed by atoms with Crippen LogP contribution in [0.25, 0.3) is 28.0 Å². The number of pyridine rings is 1. The Morgan fingerprint density at radius 3 is 2.68 bits per heavy atom. The van der Waals surface area contributed by atoms with Crippen LogP contribution >= 0.6 is 11.3 Å². The Kier molecular flexibility index (Phi) is 5.80. The minimum Gasteiger partial charge on any atom is -0.399 e. The first kappa shape index (κ1) is 22.4. The lowest BCUT2D eigenvalue weighted by molar-refractivity contribution is 0.103. The molecular formula is C28H21N7OS. The van der Waals surface area contributed by atoms with Crippen molar-refractivity contribution in [3.05, 3.63) is 108 Å². The zero-order valence-electron chi connectivity index (χ0n) is 19.5. The number of benzene rings is 2. The van der Waals surface area contributed by atoms with Crippen molar-refractivity contribution in [3.63, 3.8) is 0 Å². The van der Waals surface area contributed by atoms with Crippen LogP contribution in [-0.2, 0) is 0 Å². The summed E-state index contributed by atoms with van der Waals surface area (Å²) in [5.41, 5.74) is 12.1. The summed E-state index contributed by atoms with van der Waals surface area (Å²) in [4.78, 5) is 22.4. The number of hydrogen-bond donors (Lipinski definition) is 3. The Morgan fingerprint density at radius 2 is 1.81 bits per heavy atom. The SMILES string of the molecule is Nc1cccc(Nc2nccc(-c3c(-c4cccc(NC(=O)c5cccs5)c4)nn4ccccc34)n2)c1. The molecule has 0 saturated carbocycles. The van der Waals surface area contributed by atoms with Gasteiger partial charge in [-0.05, 0) is 60.0 Å². The number of nitrogens with one attached hydrogen (secondary N) is 2. The van der Waals surface area contributed by atoms with E-state index >= 15 is 0 Å². The molecule has 0 aliphatic heterocycles. The van der Waals surface area contributed by atoms with Crippen LogP contribution in [0.15, 0.2) is 103 Å². The van der Waals surface area contributed by atoms with Gasteiger partial charge in [-0.1, -0.05) is 30.3 Å². The number of anilines is 4. The van der Waals surface area contributed by atoms with Gasteiger partial charge in [-0.3, -0.25) is 4.79 Å². The van der Waals surface area contributed by atoms with Gasteiger partial charge in [0.15, 0.2) is 0 Å². The van der Waals surface area contributed by atoms with Gasteiger partial charge in [-0.2, -0.15) is 5.10 Å². The largest absolute Gasteiger partial charge is 0.399 e. The maximum Gasteiger partial charge on any atom is 0.265 e. The molecule has 0 aliphatic rings. The predicted octanol–water partition coefficient (Wildman–Crippen LogP) is 6.10. The normalized spacial score (nSPS) is 10.9. The smallest absolute Gasteiger partial charge is 0.265 e. The predicted molar refractivity (Wildman–Crippen MR) is 148 cm³/mol. The van der Waals surface area contributed by atoms with Crippen molar-refractivity contribution in [3.8, 4) is 22.5 Å². The van der Waals surface area contributed by atoms with E-state index in [1.165, 1.54) is 11.3 Å². The first-order valence-electron chi connectivity index (χ1n) is 11.5. The quantitative estimate of drug-likeness (QED) is 0.237. The van der Waals surface area contributed by atoms with Crippen LogP contribution in [0.1, 0.15) is 9.67 Å². The van der Waals surface area contributed by atoms with Crippen molar-refractivity contribution >= 4 is 45.8 Å². The molecule has 0 bridgehead atoms. The number of nitrogen functional groups attached to an aromatic ring is 1. The highest BCUT2D eigenvalue weighted by Gasteiger charge is 2.19. The topological polar surface area (TPSA) is 110 Å².